The lowest BCUT2D eigenvalue weighted by Gasteiger charge is -2.12. The quantitative estimate of drug-likeness (QED) is 0.780. The number of pyridine rings is 1. The number of hydrogen-bond acceptors (Lipinski definition) is 2. The number of aromatic nitrogens is 1. The summed E-state index contributed by atoms with van der Waals surface area (Å²) in [5.41, 5.74) is 5.94. The van der Waals surface area contributed by atoms with Gasteiger partial charge in [0.05, 0.1) is 7.11 Å². The first-order chi connectivity index (χ1) is 8.13. The van der Waals surface area contributed by atoms with Crippen molar-refractivity contribution < 1.29 is 4.74 Å². The van der Waals surface area contributed by atoms with Gasteiger partial charge >= 0.3 is 0 Å². The zero-order valence-electron chi connectivity index (χ0n) is 10.7. The Bertz CT molecular complexity index is 547. The monoisotopic (exact) mass is 227 g/mol. The van der Waals surface area contributed by atoms with E-state index in [1.165, 1.54) is 22.3 Å². The minimum atomic E-state index is 0.673. The summed E-state index contributed by atoms with van der Waals surface area (Å²) in [6.07, 6.45) is 0. The molecular weight excluding hydrogens is 210 g/mol. The number of methoxy groups -OCH3 is 1. The largest absolute Gasteiger partial charge is 0.481 e. The highest BCUT2D eigenvalue weighted by Crippen LogP contribution is 2.30. The molecule has 0 saturated carbocycles. The first-order valence-corrected chi connectivity index (χ1v) is 5.71. The number of ether oxygens (including phenoxy) is 1. The predicted molar refractivity (Wildman–Crippen MR) is 70.4 cm³/mol. The molecule has 0 amide bonds. The molecule has 2 heteroatoms. The molecule has 2 aromatic rings. The van der Waals surface area contributed by atoms with Crippen molar-refractivity contribution in [3.8, 4) is 17.0 Å². The number of nitrogens with zero attached hydrogens (tertiary/aromatic N) is 1. The summed E-state index contributed by atoms with van der Waals surface area (Å²) in [6, 6.07) is 10.4. The molecule has 0 bridgehead atoms. The molecule has 88 valence electrons. The van der Waals surface area contributed by atoms with E-state index in [-0.39, 0.29) is 0 Å². The van der Waals surface area contributed by atoms with Crippen LogP contribution in [0.15, 0.2) is 30.3 Å². The maximum Gasteiger partial charge on any atom is 0.213 e. The fourth-order valence-electron chi connectivity index (χ4n) is 1.97. The molecule has 0 saturated heterocycles. The van der Waals surface area contributed by atoms with E-state index in [9.17, 15) is 0 Å². The van der Waals surface area contributed by atoms with Crippen LogP contribution in [0.4, 0.5) is 0 Å². The van der Waals surface area contributed by atoms with Crippen LogP contribution in [-0.2, 0) is 0 Å². The van der Waals surface area contributed by atoms with E-state index in [0.717, 1.165) is 5.69 Å². The topological polar surface area (TPSA) is 22.1 Å². The van der Waals surface area contributed by atoms with Crippen molar-refractivity contribution in [1.29, 1.82) is 0 Å². The van der Waals surface area contributed by atoms with Gasteiger partial charge in [-0.3, -0.25) is 0 Å². The SMILES string of the molecule is COc1cc(-c2ccccc2C)c(C)c(C)n1. The summed E-state index contributed by atoms with van der Waals surface area (Å²) < 4.78 is 5.24. The number of rotatable bonds is 2. The van der Waals surface area contributed by atoms with Crippen LogP contribution in [0, 0.1) is 20.8 Å². The molecule has 1 aromatic heterocycles. The molecule has 0 atom stereocenters. The molecule has 0 aliphatic heterocycles. The highest BCUT2D eigenvalue weighted by molar-refractivity contribution is 5.71. The Morgan fingerprint density at radius 1 is 1.00 bits per heavy atom. The Labute approximate surface area is 102 Å². The van der Waals surface area contributed by atoms with Gasteiger partial charge in [-0.15, -0.1) is 0 Å². The molecule has 0 N–H and O–H groups in total. The van der Waals surface area contributed by atoms with Crippen molar-refractivity contribution in [3.05, 3.63) is 47.2 Å². The highest BCUT2D eigenvalue weighted by Gasteiger charge is 2.09. The molecule has 0 unspecified atom stereocenters. The van der Waals surface area contributed by atoms with Gasteiger partial charge in [0.25, 0.3) is 0 Å². The van der Waals surface area contributed by atoms with Crippen LogP contribution >= 0.6 is 0 Å². The molecule has 1 aromatic carbocycles. The lowest BCUT2D eigenvalue weighted by Crippen LogP contribution is -1.96. The molecular formula is C15H17NO. The summed E-state index contributed by atoms with van der Waals surface area (Å²) in [5, 5.41) is 0. The van der Waals surface area contributed by atoms with Crippen LogP contribution in [0.5, 0.6) is 5.88 Å². The summed E-state index contributed by atoms with van der Waals surface area (Å²) >= 11 is 0. The second-order valence-corrected chi connectivity index (χ2v) is 4.24. The molecule has 0 aliphatic rings. The zero-order valence-corrected chi connectivity index (χ0v) is 10.7. The number of benzene rings is 1. The van der Waals surface area contributed by atoms with Gasteiger partial charge in [0.2, 0.25) is 5.88 Å². The van der Waals surface area contributed by atoms with Crippen molar-refractivity contribution in [2.24, 2.45) is 0 Å². The van der Waals surface area contributed by atoms with E-state index in [4.69, 9.17) is 4.74 Å². The van der Waals surface area contributed by atoms with Gasteiger partial charge < -0.3 is 4.74 Å². The maximum absolute atomic E-state index is 5.24. The molecule has 2 rings (SSSR count). The van der Waals surface area contributed by atoms with Crippen LogP contribution < -0.4 is 4.74 Å². The van der Waals surface area contributed by atoms with Crippen molar-refractivity contribution in [2.75, 3.05) is 7.11 Å². The lowest BCUT2D eigenvalue weighted by atomic mass is 9.96. The zero-order chi connectivity index (χ0) is 12.4. The molecule has 0 aliphatic carbocycles. The van der Waals surface area contributed by atoms with Gasteiger partial charge in [0.1, 0.15) is 0 Å². The standard InChI is InChI=1S/C15H17NO/c1-10-7-5-6-8-13(10)14-9-15(17-4)16-12(3)11(14)2/h5-9H,1-4H3. The van der Waals surface area contributed by atoms with Gasteiger partial charge in [-0.25, -0.2) is 4.98 Å². The Balaban J connectivity index is 2.67. The Kier molecular flexibility index (Phi) is 3.14. The van der Waals surface area contributed by atoms with E-state index >= 15 is 0 Å². The summed E-state index contributed by atoms with van der Waals surface area (Å²) in [5.74, 6) is 0.673. The van der Waals surface area contributed by atoms with Gasteiger partial charge in [-0.2, -0.15) is 0 Å². The Morgan fingerprint density at radius 2 is 1.71 bits per heavy atom. The van der Waals surface area contributed by atoms with Crippen LogP contribution in [-0.4, -0.2) is 12.1 Å². The van der Waals surface area contributed by atoms with Crippen molar-refractivity contribution in [1.82, 2.24) is 4.98 Å². The summed E-state index contributed by atoms with van der Waals surface area (Å²) in [7, 11) is 1.65. The normalized spacial score (nSPS) is 10.4. The third-order valence-electron chi connectivity index (χ3n) is 3.14. The fourth-order valence-corrected chi connectivity index (χ4v) is 1.97. The van der Waals surface area contributed by atoms with Gasteiger partial charge in [-0.1, -0.05) is 24.3 Å². The Morgan fingerprint density at radius 3 is 2.35 bits per heavy atom. The van der Waals surface area contributed by atoms with E-state index < -0.39 is 0 Å². The number of hydrogen-bond donors (Lipinski definition) is 0. The van der Waals surface area contributed by atoms with Crippen LogP contribution in [0.1, 0.15) is 16.8 Å². The second-order valence-electron chi connectivity index (χ2n) is 4.24. The number of aryl methyl sites for hydroxylation is 2. The minimum Gasteiger partial charge on any atom is -0.481 e. The van der Waals surface area contributed by atoms with E-state index in [2.05, 4.69) is 43.1 Å². The fraction of sp³-hybridized carbons (Fsp3) is 0.267. The smallest absolute Gasteiger partial charge is 0.213 e. The molecule has 17 heavy (non-hydrogen) atoms. The van der Waals surface area contributed by atoms with E-state index in [1.54, 1.807) is 7.11 Å². The van der Waals surface area contributed by atoms with E-state index in [0.29, 0.717) is 5.88 Å². The van der Waals surface area contributed by atoms with Gasteiger partial charge in [0.15, 0.2) is 0 Å². The third-order valence-corrected chi connectivity index (χ3v) is 3.14. The van der Waals surface area contributed by atoms with Crippen LogP contribution in [0.3, 0.4) is 0 Å². The van der Waals surface area contributed by atoms with Crippen LogP contribution in [0.25, 0.3) is 11.1 Å². The Hall–Kier alpha value is -1.83. The van der Waals surface area contributed by atoms with Crippen LogP contribution in [0.2, 0.25) is 0 Å². The molecule has 0 fully saturated rings. The molecule has 2 nitrogen and oxygen atoms in total. The minimum absolute atomic E-state index is 0.673. The predicted octanol–water partition coefficient (Wildman–Crippen LogP) is 3.68. The molecule has 1 heterocycles. The van der Waals surface area contributed by atoms with E-state index in [1.807, 2.05) is 13.0 Å². The third kappa shape index (κ3) is 2.16. The first-order valence-electron chi connectivity index (χ1n) is 5.71. The molecule has 0 spiro atoms. The molecule has 0 radical (unpaired) electrons. The maximum atomic E-state index is 5.24. The summed E-state index contributed by atoms with van der Waals surface area (Å²) in [4.78, 5) is 4.38. The second kappa shape index (κ2) is 4.58. The van der Waals surface area contributed by atoms with Crippen molar-refractivity contribution in [3.63, 3.8) is 0 Å². The van der Waals surface area contributed by atoms with Crippen molar-refractivity contribution in [2.45, 2.75) is 20.8 Å². The first kappa shape index (κ1) is 11.6. The van der Waals surface area contributed by atoms with Crippen molar-refractivity contribution >= 4 is 0 Å². The highest BCUT2D eigenvalue weighted by atomic mass is 16.5. The average molecular weight is 227 g/mol. The average Bonchev–Trinajstić information content (AvgIpc) is 2.33. The summed E-state index contributed by atoms with van der Waals surface area (Å²) in [6.45, 7) is 6.24. The van der Waals surface area contributed by atoms with Gasteiger partial charge in [-0.05, 0) is 43.0 Å². The lowest BCUT2D eigenvalue weighted by molar-refractivity contribution is 0.397. The van der Waals surface area contributed by atoms with Gasteiger partial charge in [0, 0.05) is 11.8 Å².